The predicted octanol–water partition coefficient (Wildman–Crippen LogP) is 5.43. The van der Waals surface area contributed by atoms with Crippen molar-refractivity contribution in [2.24, 2.45) is 0 Å². The predicted molar refractivity (Wildman–Crippen MR) is 134 cm³/mol. The van der Waals surface area contributed by atoms with Gasteiger partial charge in [-0.1, -0.05) is 42.0 Å². The van der Waals surface area contributed by atoms with E-state index in [1.165, 1.54) is 11.1 Å². The summed E-state index contributed by atoms with van der Waals surface area (Å²) in [5.74, 6) is 0.933. The van der Waals surface area contributed by atoms with Crippen molar-refractivity contribution in [3.63, 3.8) is 0 Å². The quantitative estimate of drug-likeness (QED) is 0.522. The van der Waals surface area contributed by atoms with Gasteiger partial charge in [-0.3, -0.25) is 4.79 Å². The molecule has 2 saturated heterocycles. The van der Waals surface area contributed by atoms with E-state index in [4.69, 9.17) is 14.2 Å². The first kappa shape index (κ1) is 24.7. The maximum absolute atomic E-state index is 13.5. The Kier molecular flexibility index (Phi) is 7.63. The first-order valence-electron chi connectivity index (χ1n) is 12.5. The zero-order valence-corrected chi connectivity index (χ0v) is 21.1. The molecule has 5 heteroatoms. The number of ether oxygens (including phenoxy) is 3. The number of aryl methyl sites for hydroxylation is 1. The molecule has 2 unspecified atom stereocenters. The average Bonchev–Trinajstić information content (AvgIpc) is 3.36. The Morgan fingerprint density at radius 1 is 1.09 bits per heavy atom. The molecule has 4 rings (SSSR count). The van der Waals surface area contributed by atoms with Crippen LogP contribution in [-0.4, -0.2) is 49.4 Å². The molecule has 0 aromatic heterocycles. The van der Waals surface area contributed by atoms with E-state index in [0.29, 0.717) is 19.7 Å². The SMILES string of the molecule is COc1ccc(CN(CCC2(c3ccc(C)cc3)CCOC(C)(C)C2)C(=O)C2CCCO2)cc1. The summed E-state index contributed by atoms with van der Waals surface area (Å²) in [5.41, 5.74) is 3.50. The van der Waals surface area contributed by atoms with Crippen LogP contribution in [0.15, 0.2) is 48.5 Å². The van der Waals surface area contributed by atoms with Gasteiger partial charge in [0.15, 0.2) is 0 Å². The lowest BCUT2D eigenvalue weighted by atomic mass is 9.67. The number of benzene rings is 2. The van der Waals surface area contributed by atoms with Gasteiger partial charge < -0.3 is 19.1 Å². The van der Waals surface area contributed by atoms with Crippen LogP contribution in [0.3, 0.4) is 0 Å². The van der Waals surface area contributed by atoms with E-state index in [-0.39, 0.29) is 23.0 Å². The van der Waals surface area contributed by atoms with Gasteiger partial charge in [0.05, 0.1) is 12.7 Å². The van der Waals surface area contributed by atoms with Crippen LogP contribution in [0.1, 0.15) is 62.6 Å². The molecule has 2 aromatic rings. The fourth-order valence-electron chi connectivity index (χ4n) is 5.53. The summed E-state index contributed by atoms with van der Waals surface area (Å²) in [6.45, 7) is 9.16. The maximum Gasteiger partial charge on any atom is 0.251 e. The number of carbonyl (C=O) groups is 1. The number of hydrogen-bond acceptors (Lipinski definition) is 4. The Hall–Kier alpha value is -2.37. The molecule has 0 spiro atoms. The number of hydrogen-bond donors (Lipinski definition) is 0. The molecule has 2 heterocycles. The third-order valence-electron chi connectivity index (χ3n) is 7.41. The summed E-state index contributed by atoms with van der Waals surface area (Å²) in [5, 5.41) is 0. The number of rotatable bonds is 8. The molecule has 2 aliphatic rings. The smallest absolute Gasteiger partial charge is 0.251 e. The van der Waals surface area contributed by atoms with E-state index in [1.807, 2.05) is 29.2 Å². The van der Waals surface area contributed by atoms with Crippen LogP contribution >= 0.6 is 0 Å². The lowest BCUT2D eigenvalue weighted by Crippen LogP contribution is -2.47. The zero-order chi connectivity index (χ0) is 24.2. The maximum atomic E-state index is 13.5. The summed E-state index contributed by atoms with van der Waals surface area (Å²) in [4.78, 5) is 15.5. The summed E-state index contributed by atoms with van der Waals surface area (Å²) in [7, 11) is 1.67. The number of amides is 1. The molecular weight excluding hydrogens is 426 g/mol. The molecule has 0 bridgehead atoms. The summed E-state index contributed by atoms with van der Waals surface area (Å²) in [6.07, 6.45) is 4.24. The molecule has 0 radical (unpaired) electrons. The molecule has 2 aromatic carbocycles. The molecule has 0 N–H and O–H groups in total. The molecule has 0 saturated carbocycles. The fraction of sp³-hybridized carbons (Fsp3) is 0.552. The minimum atomic E-state index is -0.320. The average molecular weight is 466 g/mol. The van der Waals surface area contributed by atoms with Gasteiger partial charge in [-0.05, 0) is 76.1 Å². The van der Waals surface area contributed by atoms with Crippen LogP contribution in [0.2, 0.25) is 0 Å². The normalized spacial score (nSPS) is 24.1. The minimum absolute atomic E-state index is 0.0234. The second-order valence-electron chi connectivity index (χ2n) is 10.5. The van der Waals surface area contributed by atoms with Crippen LogP contribution < -0.4 is 4.74 Å². The number of nitrogens with zero attached hydrogens (tertiary/aromatic N) is 1. The zero-order valence-electron chi connectivity index (χ0n) is 21.1. The van der Waals surface area contributed by atoms with Crippen LogP contribution in [-0.2, 0) is 26.2 Å². The van der Waals surface area contributed by atoms with Crippen LogP contribution in [0.5, 0.6) is 5.75 Å². The topological polar surface area (TPSA) is 48.0 Å². The Labute approximate surface area is 204 Å². The van der Waals surface area contributed by atoms with Gasteiger partial charge in [0.2, 0.25) is 0 Å². The largest absolute Gasteiger partial charge is 0.497 e. The van der Waals surface area contributed by atoms with Gasteiger partial charge in [0.1, 0.15) is 11.9 Å². The van der Waals surface area contributed by atoms with Crippen molar-refractivity contribution in [1.82, 2.24) is 4.90 Å². The highest BCUT2D eigenvalue weighted by Gasteiger charge is 2.42. The monoisotopic (exact) mass is 465 g/mol. The Morgan fingerprint density at radius 3 is 2.44 bits per heavy atom. The van der Waals surface area contributed by atoms with Gasteiger partial charge in [-0.25, -0.2) is 0 Å². The molecule has 2 fully saturated rings. The second kappa shape index (κ2) is 10.5. The number of carbonyl (C=O) groups excluding carboxylic acids is 1. The summed E-state index contributed by atoms with van der Waals surface area (Å²) in [6, 6.07) is 16.9. The molecule has 2 aliphatic heterocycles. The van der Waals surface area contributed by atoms with Gasteiger partial charge in [0, 0.05) is 31.7 Å². The standard InChI is InChI=1S/C29H39NO4/c1-22-7-11-24(12-8-22)29(16-19-34-28(2,3)21-29)15-17-30(27(31)26-6-5-18-33-26)20-23-9-13-25(32-4)14-10-23/h7-14,26H,5-6,15-21H2,1-4H3. The van der Waals surface area contributed by atoms with E-state index in [0.717, 1.165) is 50.0 Å². The summed E-state index contributed by atoms with van der Waals surface area (Å²) >= 11 is 0. The van der Waals surface area contributed by atoms with Crippen molar-refractivity contribution in [1.29, 1.82) is 0 Å². The Bertz CT molecular complexity index is 947. The van der Waals surface area contributed by atoms with E-state index < -0.39 is 0 Å². The lowest BCUT2D eigenvalue weighted by molar-refractivity contribution is -0.142. The highest BCUT2D eigenvalue weighted by atomic mass is 16.5. The Balaban J connectivity index is 1.58. The first-order valence-corrected chi connectivity index (χ1v) is 12.5. The molecule has 184 valence electrons. The molecular formula is C29H39NO4. The number of methoxy groups -OCH3 is 1. The van der Waals surface area contributed by atoms with Crippen molar-refractivity contribution in [2.45, 2.75) is 76.5 Å². The van der Waals surface area contributed by atoms with E-state index in [9.17, 15) is 4.79 Å². The minimum Gasteiger partial charge on any atom is -0.497 e. The van der Waals surface area contributed by atoms with E-state index in [2.05, 4.69) is 45.0 Å². The van der Waals surface area contributed by atoms with Crippen molar-refractivity contribution in [3.8, 4) is 5.75 Å². The summed E-state index contributed by atoms with van der Waals surface area (Å²) < 4.78 is 17.2. The van der Waals surface area contributed by atoms with E-state index in [1.54, 1.807) is 7.11 Å². The lowest BCUT2D eigenvalue weighted by Gasteiger charge is -2.46. The van der Waals surface area contributed by atoms with Crippen molar-refractivity contribution >= 4 is 5.91 Å². The molecule has 0 aliphatic carbocycles. The first-order chi connectivity index (χ1) is 16.3. The van der Waals surface area contributed by atoms with Crippen molar-refractivity contribution in [3.05, 3.63) is 65.2 Å². The molecule has 1 amide bonds. The fourth-order valence-corrected chi connectivity index (χ4v) is 5.53. The highest BCUT2D eigenvalue weighted by molar-refractivity contribution is 5.81. The van der Waals surface area contributed by atoms with Gasteiger partial charge in [0.25, 0.3) is 5.91 Å². The Morgan fingerprint density at radius 2 is 1.82 bits per heavy atom. The second-order valence-corrected chi connectivity index (χ2v) is 10.5. The van der Waals surface area contributed by atoms with Crippen molar-refractivity contribution in [2.75, 3.05) is 26.9 Å². The van der Waals surface area contributed by atoms with Crippen LogP contribution in [0, 0.1) is 6.92 Å². The van der Waals surface area contributed by atoms with Crippen molar-refractivity contribution < 1.29 is 19.0 Å². The van der Waals surface area contributed by atoms with Crippen LogP contribution in [0.25, 0.3) is 0 Å². The van der Waals surface area contributed by atoms with Gasteiger partial charge >= 0.3 is 0 Å². The molecule has 2 atom stereocenters. The van der Waals surface area contributed by atoms with E-state index >= 15 is 0 Å². The molecule has 34 heavy (non-hydrogen) atoms. The third-order valence-corrected chi connectivity index (χ3v) is 7.41. The van der Waals surface area contributed by atoms with Crippen LogP contribution in [0.4, 0.5) is 0 Å². The highest BCUT2D eigenvalue weighted by Crippen LogP contribution is 2.44. The third kappa shape index (κ3) is 5.81. The van der Waals surface area contributed by atoms with Gasteiger partial charge in [-0.2, -0.15) is 0 Å². The van der Waals surface area contributed by atoms with Gasteiger partial charge in [-0.15, -0.1) is 0 Å². The molecule has 5 nitrogen and oxygen atoms in total.